The predicted molar refractivity (Wildman–Crippen MR) is 130 cm³/mol. The zero-order valence-electron chi connectivity index (χ0n) is 20.5. The number of nitrogens with zero attached hydrogens (tertiary/aromatic N) is 1. The van der Waals surface area contributed by atoms with Crippen LogP contribution in [0.3, 0.4) is 0 Å². The number of amides is 2. The van der Waals surface area contributed by atoms with Gasteiger partial charge >= 0.3 is 0 Å². The number of carbonyl (C=O) groups excluding carboxylic acids is 2. The molecule has 0 aliphatic carbocycles. The Balaban J connectivity index is 1.67. The van der Waals surface area contributed by atoms with Crippen molar-refractivity contribution in [3.8, 4) is 5.75 Å². The van der Waals surface area contributed by atoms with E-state index in [-0.39, 0.29) is 18.0 Å². The lowest BCUT2D eigenvalue weighted by molar-refractivity contribution is -0.121. The Kier molecular flexibility index (Phi) is 6.98. The van der Waals surface area contributed by atoms with E-state index in [1.807, 2.05) is 19.9 Å². The lowest BCUT2D eigenvalue weighted by Gasteiger charge is -2.36. The Bertz CT molecular complexity index is 1350. The number of H-pyrrole nitrogens is 1. The number of fused-ring (bicyclic) bond motifs is 1. The largest absolute Gasteiger partial charge is 0.497 e. The first-order valence-corrected chi connectivity index (χ1v) is 11.4. The zero-order valence-corrected chi connectivity index (χ0v) is 20.5. The van der Waals surface area contributed by atoms with Crippen LogP contribution in [0.2, 0.25) is 0 Å². The van der Waals surface area contributed by atoms with Crippen LogP contribution < -0.4 is 15.6 Å². The molecule has 2 aromatic carbocycles. The summed E-state index contributed by atoms with van der Waals surface area (Å²) in [4.78, 5) is 39.6. The highest BCUT2D eigenvalue weighted by molar-refractivity contribution is 6.01. The fraction of sp³-hybridized carbons (Fsp3) is 0.346. The average Bonchev–Trinajstić information content (AvgIpc) is 3.28. The van der Waals surface area contributed by atoms with Gasteiger partial charge in [0, 0.05) is 24.8 Å². The maximum atomic E-state index is 15.0. The van der Waals surface area contributed by atoms with Crippen molar-refractivity contribution in [3.63, 3.8) is 0 Å². The molecular formula is C26H28FN3O6. The number of aromatic amines is 1. The molecule has 0 fully saturated rings. The number of hydrogen-bond donors (Lipinski definition) is 2. The minimum atomic E-state index is -1.04. The van der Waals surface area contributed by atoms with Crippen molar-refractivity contribution in [2.24, 2.45) is 0 Å². The molecule has 1 aromatic heterocycles. The van der Waals surface area contributed by atoms with E-state index < -0.39 is 34.6 Å². The van der Waals surface area contributed by atoms with Crippen LogP contribution >= 0.6 is 0 Å². The van der Waals surface area contributed by atoms with Crippen LogP contribution in [0.5, 0.6) is 5.75 Å². The van der Waals surface area contributed by atoms with Crippen LogP contribution in [-0.2, 0) is 21.4 Å². The maximum Gasteiger partial charge on any atom is 0.293 e. The predicted octanol–water partition coefficient (Wildman–Crippen LogP) is 3.42. The van der Waals surface area contributed by atoms with E-state index in [0.717, 1.165) is 11.6 Å². The summed E-state index contributed by atoms with van der Waals surface area (Å²) in [7, 11) is 3.10. The van der Waals surface area contributed by atoms with Crippen molar-refractivity contribution < 1.29 is 28.0 Å². The number of nitrogens with one attached hydrogen (secondary N) is 2. The Hall–Kier alpha value is -3.92. The summed E-state index contributed by atoms with van der Waals surface area (Å²) in [6, 6.07) is 9.72. The lowest BCUT2D eigenvalue weighted by Crippen LogP contribution is -2.45. The third-order valence-electron chi connectivity index (χ3n) is 6.29. The molecule has 1 aliphatic rings. The topological polar surface area (TPSA) is 114 Å². The van der Waals surface area contributed by atoms with E-state index >= 15 is 0 Å². The molecule has 0 saturated heterocycles. The van der Waals surface area contributed by atoms with E-state index in [4.69, 9.17) is 14.0 Å². The van der Waals surface area contributed by atoms with Crippen molar-refractivity contribution in [3.05, 3.63) is 81.1 Å². The third-order valence-corrected chi connectivity index (χ3v) is 6.29. The van der Waals surface area contributed by atoms with Crippen molar-refractivity contribution in [1.29, 1.82) is 0 Å². The van der Waals surface area contributed by atoms with E-state index in [1.165, 1.54) is 11.0 Å². The SMILES string of the molecule is COCC(C)(C)c1ccc(NC(=O)C2c3ccc(OC)cc3CCN2C(=O)c2cc(=O)[nH]o2)cc1F. The summed E-state index contributed by atoms with van der Waals surface area (Å²) in [5.74, 6) is -1.20. The van der Waals surface area contributed by atoms with Gasteiger partial charge in [0.2, 0.25) is 5.76 Å². The van der Waals surface area contributed by atoms with Gasteiger partial charge in [-0.05, 0) is 47.4 Å². The molecule has 190 valence electrons. The fourth-order valence-corrected chi connectivity index (χ4v) is 4.55. The summed E-state index contributed by atoms with van der Waals surface area (Å²) in [5, 5.41) is 4.83. The minimum absolute atomic E-state index is 0.199. The molecule has 0 saturated carbocycles. The molecular weight excluding hydrogens is 469 g/mol. The molecule has 3 aromatic rings. The van der Waals surface area contributed by atoms with Gasteiger partial charge in [0.25, 0.3) is 17.4 Å². The first-order valence-electron chi connectivity index (χ1n) is 11.4. The van der Waals surface area contributed by atoms with Gasteiger partial charge in [-0.15, -0.1) is 0 Å². The van der Waals surface area contributed by atoms with Crippen LogP contribution in [0.15, 0.2) is 51.8 Å². The normalized spacial score (nSPS) is 15.4. The third kappa shape index (κ3) is 4.90. The van der Waals surface area contributed by atoms with Crippen molar-refractivity contribution in [2.45, 2.75) is 31.7 Å². The van der Waals surface area contributed by atoms with E-state index in [9.17, 15) is 18.8 Å². The van der Waals surface area contributed by atoms with Gasteiger partial charge in [-0.25, -0.2) is 4.39 Å². The standard InChI is InChI=1S/C26H28FN3O6/c1-26(2,14-34-3)19-8-5-16(12-20(19)27)28-24(32)23-18-7-6-17(35-4)11-15(18)9-10-30(23)25(33)21-13-22(31)29-36-21/h5-8,11-13,23H,9-10,14H2,1-4H3,(H,28,32)(H,29,31). The first-order chi connectivity index (χ1) is 17.1. The molecule has 2 amide bonds. The van der Waals surface area contributed by atoms with Gasteiger partial charge in [0.15, 0.2) is 0 Å². The number of aromatic nitrogens is 1. The van der Waals surface area contributed by atoms with Crippen LogP contribution in [0.4, 0.5) is 10.1 Å². The maximum absolute atomic E-state index is 15.0. The number of anilines is 1. The Labute approximate surface area is 207 Å². The summed E-state index contributed by atoms with van der Waals surface area (Å²) in [6.45, 7) is 4.25. The van der Waals surface area contributed by atoms with Gasteiger partial charge in [-0.2, -0.15) is 5.16 Å². The van der Waals surface area contributed by atoms with Crippen molar-refractivity contribution in [1.82, 2.24) is 10.1 Å². The molecule has 9 nitrogen and oxygen atoms in total. The summed E-state index contributed by atoms with van der Waals surface area (Å²) >= 11 is 0. The Morgan fingerprint density at radius 3 is 2.61 bits per heavy atom. The van der Waals surface area contributed by atoms with E-state index in [0.29, 0.717) is 29.9 Å². The summed E-state index contributed by atoms with van der Waals surface area (Å²) in [6.07, 6.45) is 0.467. The number of halogens is 1. The molecule has 2 heterocycles. The van der Waals surface area contributed by atoms with Crippen LogP contribution in [-0.4, -0.2) is 49.2 Å². The quantitative estimate of drug-likeness (QED) is 0.517. The minimum Gasteiger partial charge on any atom is -0.497 e. The summed E-state index contributed by atoms with van der Waals surface area (Å²) in [5.41, 5.74) is 1.02. The second-order valence-electron chi connectivity index (χ2n) is 9.29. The molecule has 0 bridgehead atoms. The molecule has 0 spiro atoms. The van der Waals surface area contributed by atoms with Gasteiger partial charge in [0.1, 0.15) is 17.6 Å². The van der Waals surface area contributed by atoms with Gasteiger partial charge in [-0.1, -0.05) is 26.0 Å². The van der Waals surface area contributed by atoms with Crippen LogP contribution in [0.1, 0.15) is 47.1 Å². The molecule has 36 heavy (non-hydrogen) atoms. The van der Waals surface area contributed by atoms with Gasteiger partial charge in [0.05, 0.1) is 19.8 Å². The van der Waals surface area contributed by atoms with E-state index in [2.05, 4.69) is 10.5 Å². The molecule has 1 atom stereocenters. The van der Waals surface area contributed by atoms with Gasteiger partial charge in [-0.3, -0.25) is 14.4 Å². The van der Waals surface area contributed by atoms with Crippen LogP contribution in [0.25, 0.3) is 0 Å². The Morgan fingerprint density at radius 2 is 1.97 bits per heavy atom. The number of benzene rings is 2. The highest BCUT2D eigenvalue weighted by Gasteiger charge is 2.38. The fourth-order valence-electron chi connectivity index (χ4n) is 4.55. The van der Waals surface area contributed by atoms with Crippen LogP contribution in [0, 0.1) is 5.82 Å². The number of hydrogen-bond acceptors (Lipinski definition) is 6. The number of methoxy groups -OCH3 is 2. The molecule has 10 heteroatoms. The van der Waals surface area contributed by atoms with Crippen molar-refractivity contribution >= 4 is 17.5 Å². The molecule has 4 rings (SSSR count). The summed E-state index contributed by atoms with van der Waals surface area (Å²) < 4.78 is 30.5. The molecule has 0 radical (unpaired) electrons. The zero-order chi connectivity index (χ0) is 26.0. The van der Waals surface area contributed by atoms with Gasteiger partial charge < -0.3 is 24.2 Å². The van der Waals surface area contributed by atoms with E-state index in [1.54, 1.807) is 38.5 Å². The lowest BCUT2D eigenvalue weighted by atomic mass is 9.85. The first kappa shape index (κ1) is 25.2. The Morgan fingerprint density at radius 1 is 1.19 bits per heavy atom. The second-order valence-corrected chi connectivity index (χ2v) is 9.29. The molecule has 2 N–H and O–H groups in total. The molecule has 1 unspecified atom stereocenters. The number of rotatable bonds is 7. The molecule has 1 aliphatic heterocycles. The number of carbonyl (C=O) groups is 2. The second kappa shape index (κ2) is 9.98. The monoisotopic (exact) mass is 497 g/mol. The smallest absolute Gasteiger partial charge is 0.293 e. The number of ether oxygens (including phenoxy) is 2. The average molecular weight is 498 g/mol. The highest BCUT2D eigenvalue weighted by Crippen LogP contribution is 2.35. The highest BCUT2D eigenvalue weighted by atomic mass is 19.1. The van der Waals surface area contributed by atoms with Crippen molar-refractivity contribution in [2.75, 3.05) is 32.7 Å².